The van der Waals surface area contributed by atoms with Crippen molar-refractivity contribution in [2.45, 2.75) is 6.04 Å². The third-order valence-electron chi connectivity index (χ3n) is 0.915. The molecule has 0 spiro atoms. The lowest BCUT2D eigenvalue weighted by molar-refractivity contribution is -0.142. The Labute approximate surface area is 76.6 Å². The summed E-state index contributed by atoms with van der Waals surface area (Å²) in [5, 5.41) is 0. The highest BCUT2D eigenvalue weighted by Gasteiger charge is 2.14. The Kier molecular flexibility index (Phi) is 4.58. The van der Waals surface area contributed by atoms with E-state index < -0.39 is 27.8 Å². The van der Waals surface area contributed by atoms with Crippen LogP contribution in [0.2, 0.25) is 0 Å². The maximum absolute atomic E-state index is 10.8. The number of ether oxygens (including phenoxy) is 1. The first-order valence-corrected chi connectivity index (χ1v) is 5.77. The Hall–Kier alpha value is -0.270. The van der Waals surface area contributed by atoms with E-state index in [2.05, 4.69) is 17.4 Å². The SMILES string of the molecule is CS(=O)(=O)COC(=O)[C@@H](N)CS. The highest BCUT2D eigenvalue weighted by Crippen LogP contribution is 1.91. The fourth-order valence-corrected chi connectivity index (χ4v) is 0.826. The topological polar surface area (TPSA) is 86.5 Å². The van der Waals surface area contributed by atoms with Crippen LogP contribution in [0.25, 0.3) is 0 Å². The zero-order valence-electron chi connectivity index (χ0n) is 6.56. The van der Waals surface area contributed by atoms with Crippen LogP contribution in [-0.4, -0.2) is 38.4 Å². The van der Waals surface area contributed by atoms with Gasteiger partial charge in [-0.15, -0.1) is 0 Å². The van der Waals surface area contributed by atoms with Crippen LogP contribution in [0.1, 0.15) is 0 Å². The lowest BCUT2D eigenvalue weighted by Crippen LogP contribution is -2.34. The molecule has 0 heterocycles. The molecule has 12 heavy (non-hydrogen) atoms. The second kappa shape index (κ2) is 4.68. The summed E-state index contributed by atoms with van der Waals surface area (Å²) >= 11 is 3.74. The molecule has 0 saturated heterocycles. The third kappa shape index (κ3) is 5.39. The standard InChI is InChI=1S/C5H11NO4S2/c1-12(8,9)3-10-5(7)4(6)2-11/h4,11H,2-3,6H2,1H3/t4-/m0/s1. The van der Waals surface area contributed by atoms with Crippen molar-refractivity contribution in [1.29, 1.82) is 0 Å². The molecule has 0 saturated carbocycles. The van der Waals surface area contributed by atoms with Crippen molar-refractivity contribution in [3.63, 3.8) is 0 Å². The molecule has 0 fully saturated rings. The van der Waals surface area contributed by atoms with Crippen LogP contribution in [-0.2, 0) is 19.4 Å². The second-order valence-corrected chi connectivity index (χ2v) is 4.75. The quantitative estimate of drug-likeness (QED) is 0.452. The van der Waals surface area contributed by atoms with E-state index >= 15 is 0 Å². The molecule has 72 valence electrons. The largest absolute Gasteiger partial charge is 0.448 e. The summed E-state index contributed by atoms with van der Waals surface area (Å²) in [4.78, 5) is 10.8. The Balaban J connectivity index is 3.88. The molecule has 0 aromatic carbocycles. The van der Waals surface area contributed by atoms with E-state index in [0.717, 1.165) is 6.26 Å². The van der Waals surface area contributed by atoms with Crippen LogP contribution in [0.4, 0.5) is 0 Å². The zero-order valence-corrected chi connectivity index (χ0v) is 8.27. The molecular weight excluding hydrogens is 202 g/mol. The van der Waals surface area contributed by atoms with Crippen molar-refractivity contribution >= 4 is 28.4 Å². The average molecular weight is 213 g/mol. The minimum Gasteiger partial charge on any atom is -0.448 e. The van der Waals surface area contributed by atoms with E-state index in [1.54, 1.807) is 0 Å². The van der Waals surface area contributed by atoms with Crippen LogP contribution in [0.3, 0.4) is 0 Å². The molecule has 0 aromatic heterocycles. The van der Waals surface area contributed by atoms with Gasteiger partial charge in [-0.2, -0.15) is 12.6 Å². The Morgan fingerprint density at radius 2 is 2.17 bits per heavy atom. The van der Waals surface area contributed by atoms with Crippen molar-refractivity contribution in [2.24, 2.45) is 5.73 Å². The monoisotopic (exact) mass is 213 g/mol. The first kappa shape index (κ1) is 11.7. The molecule has 1 atom stereocenters. The number of esters is 1. The predicted molar refractivity (Wildman–Crippen MR) is 47.6 cm³/mol. The van der Waals surface area contributed by atoms with Crippen LogP contribution < -0.4 is 5.73 Å². The molecular formula is C5H11NO4S2. The smallest absolute Gasteiger partial charge is 0.324 e. The van der Waals surface area contributed by atoms with Gasteiger partial charge in [-0.3, -0.25) is 4.79 Å². The molecule has 0 radical (unpaired) electrons. The van der Waals surface area contributed by atoms with Crippen LogP contribution in [0, 0.1) is 0 Å². The van der Waals surface area contributed by atoms with Gasteiger partial charge in [0.1, 0.15) is 6.04 Å². The Morgan fingerprint density at radius 1 is 1.67 bits per heavy atom. The minimum absolute atomic E-state index is 0.128. The number of sulfone groups is 1. The van der Waals surface area contributed by atoms with Gasteiger partial charge < -0.3 is 10.5 Å². The molecule has 5 nitrogen and oxygen atoms in total. The highest BCUT2D eigenvalue weighted by atomic mass is 32.2. The number of hydrogen-bond acceptors (Lipinski definition) is 6. The average Bonchev–Trinajstić information content (AvgIpc) is 1.97. The van der Waals surface area contributed by atoms with Crippen molar-refractivity contribution < 1.29 is 17.9 Å². The van der Waals surface area contributed by atoms with E-state index in [1.807, 2.05) is 0 Å². The number of carbonyl (C=O) groups excluding carboxylic acids is 1. The molecule has 0 aromatic rings. The van der Waals surface area contributed by atoms with Crippen LogP contribution >= 0.6 is 12.6 Å². The van der Waals surface area contributed by atoms with Gasteiger partial charge in [0.2, 0.25) is 0 Å². The molecule has 0 aliphatic heterocycles. The minimum atomic E-state index is -3.28. The number of hydrogen-bond donors (Lipinski definition) is 2. The van der Waals surface area contributed by atoms with E-state index in [4.69, 9.17) is 5.73 Å². The lowest BCUT2D eigenvalue weighted by Gasteiger charge is -2.07. The first-order valence-electron chi connectivity index (χ1n) is 3.07. The molecule has 0 aliphatic rings. The van der Waals surface area contributed by atoms with Crippen molar-refractivity contribution in [3.8, 4) is 0 Å². The molecule has 0 aliphatic carbocycles. The van der Waals surface area contributed by atoms with Gasteiger partial charge in [0.05, 0.1) is 0 Å². The first-order chi connectivity index (χ1) is 5.37. The normalized spacial score (nSPS) is 13.9. The molecule has 2 N–H and O–H groups in total. The van der Waals surface area contributed by atoms with Crippen molar-refractivity contribution in [2.75, 3.05) is 17.9 Å². The van der Waals surface area contributed by atoms with Gasteiger partial charge in [0, 0.05) is 12.0 Å². The summed E-state index contributed by atoms with van der Waals surface area (Å²) in [5.41, 5.74) is 5.20. The van der Waals surface area contributed by atoms with Crippen LogP contribution in [0.5, 0.6) is 0 Å². The van der Waals surface area contributed by atoms with Gasteiger partial charge in [-0.25, -0.2) is 8.42 Å². The molecule has 7 heteroatoms. The van der Waals surface area contributed by atoms with Gasteiger partial charge in [-0.1, -0.05) is 0 Å². The third-order valence-corrected chi connectivity index (χ3v) is 1.85. The van der Waals surface area contributed by atoms with E-state index in [0.29, 0.717) is 0 Å². The summed E-state index contributed by atoms with van der Waals surface area (Å²) in [6.45, 7) is 0. The number of thiol groups is 1. The second-order valence-electron chi connectivity index (χ2n) is 2.30. The Bertz CT molecular complexity index is 248. The molecule has 0 rings (SSSR count). The fourth-order valence-electron chi connectivity index (χ4n) is 0.347. The lowest BCUT2D eigenvalue weighted by atomic mass is 10.4. The van der Waals surface area contributed by atoms with Gasteiger partial charge in [0.15, 0.2) is 15.8 Å². The maximum atomic E-state index is 10.8. The van der Waals surface area contributed by atoms with Gasteiger partial charge in [-0.05, 0) is 0 Å². The molecule has 0 bridgehead atoms. The van der Waals surface area contributed by atoms with Crippen molar-refractivity contribution in [1.82, 2.24) is 0 Å². The highest BCUT2D eigenvalue weighted by molar-refractivity contribution is 7.90. The van der Waals surface area contributed by atoms with Gasteiger partial charge in [0.25, 0.3) is 0 Å². The number of nitrogens with two attached hydrogens (primary N) is 1. The zero-order chi connectivity index (χ0) is 9.78. The van der Waals surface area contributed by atoms with E-state index in [-0.39, 0.29) is 5.75 Å². The summed E-state index contributed by atoms with van der Waals surface area (Å²) in [5.74, 6) is -1.26. The number of carbonyl (C=O) groups is 1. The predicted octanol–water partition coefficient (Wildman–Crippen LogP) is -1.21. The van der Waals surface area contributed by atoms with E-state index in [9.17, 15) is 13.2 Å². The maximum Gasteiger partial charge on any atom is 0.324 e. The molecule has 0 amide bonds. The summed E-state index contributed by atoms with van der Waals surface area (Å²) in [6.07, 6.45) is 0.965. The fraction of sp³-hybridized carbons (Fsp3) is 0.800. The summed E-state index contributed by atoms with van der Waals surface area (Å²) in [7, 11) is -3.28. The van der Waals surface area contributed by atoms with E-state index in [1.165, 1.54) is 0 Å². The van der Waals surface area contributed by atoms with Crippen molar-refractivity contribution in [3.05, 3.63) is 0 Å². The molecule has 0 unspecified atom stereocenters. The van der Waals surface area contributed by atoms with Gasteiger partial charge >= 0.3 is 5.97 Å². The summed E-state index contributed by atoms with van der Waals surface area (Å²) in [6, 6.07) is -0.866. The van der Waals surface area contributed by atoms with Crippen LogP contribution in [0.15, 0.2) is 0 Å². The number of rotatable bonds is 4. The Morgan fingerprint density at radius 3 is 2.50 bits per heavy atom. The summed E-state index contributed by atoms with van der Waals surface area (Å²) < 4.78 is 25.4.